The minimum atomic E-state index is -0.794. The van der Waals surface area contributed by atoms with Gasteiger partial charge in [0.1, 0.15) is 5.52 Å². The van der Waals surface area contributed by atoms with Crippen LogP contribution in [0, 0.1) is 23.8 Å². The highest BCUT2D eigenvalue weighted by Gasteiger charge is 2.20. The zero-order valence-electron chi connectivity index (χ0n) is 15.4. The van der Waals surface area contributed by atoms with Gasteiger partial charge in [0, 0.05) is 27.0 Å². The number of oxazole rings is 1. The second-order valence-corrected chi connectivity index (χ2v) is 7.66. The minimum absolute atomic E-state index is 0.208. The normalized spacial score (nSPS) is 10.7. The average Bonchev–Trinajstić information content (AvgIpc) is 3.17. The van der Waals surface area contributed by atoms with E-state index in [1.807, 2.05) is 24.3 Å². The monoisotopic (exact) mass is 530 g/mol. The molecule has 0 aliphatic carbocycles. The van der Waals surface area contributed by atoms with E-state index in [2.05, 4.69) is 32.9 Å². The summed E-state index contributed by atoms with van der Waals surface area (Å²) in [7, 11) is 0. The van der Waals surface area contributed by atoms with Crippen molar-refractivity contribution in [2.75, 3.05) is 5.32 Å². The van der Waals surface area contributed by atoms with Crippen LogP contribution in [0.2, 0.25) is 0 Å². The summed E-state index contributed by atoms with van der Waals surface area (Å²) in [5, 5.41) is 24.6. The summed E-state index contributed by atoms with van der Waals surface area (Å²) < 4.78 is 6.79. The Bertz CT molecular complexity index is 1330. The van der Waals surface area contributed by atoms with Gasteiger partial charge in [-0.1, -0.05) is 6.07 Å². The topological polar surface area (TPSA) is 141 Å². The molecule has 154 valence electrons. The van der Waals surface area contributed by atoms with E-state index in [0.717, 1.165) is 27.3 Å². The van der Waals surface area contributed by atoms with Crippen molar-refractivity contribution in [3.05, 3.63) is 90.0 Å². The predicted molar refractivity (Wildman–Crippen MR) is 120 cm³/mol. The Labute approximate surface area is 187 Å². The Kier molecular flexibility index (Phi) is 5.33. The van der Waals surface area contributed by atoms with E-state index >= 15 is 0 Å². The molecule has 0 aliphatic heterocycles. The van der Waals surface area contributed by atoms with Crippen LogP contribution in [0.25, 0.3) is 22.6 Å². The summed E-state index contributed by atoms with van der Waals surface area (Å²) in [5.41, 5.74) is 0.865. The molecule has 0 atom stereocenters. The molecule has 1 aromatic heterocycles. The van der Waals surface area contributed by atoms with Crippen LogP contribution < -0.4 is 5.32 Å². The molecule has 0 saturated heterocycles. The van der Waals surface area contributed by atoms with Gasteiger partial charge in [0.2, 0.25) is 5.89 Å². The highest BCUT2D eigenvalue weighted by atomic mass is 127. The zero-order chi connectivity index (χ0) is 22.1. The van der Waals surface area contributed by atoms with Gasteiger partial charge in [-0.15, -0.1) is 0 Å². The quantitative estimate of drug-likeness (QED) is 0.213. The van der Waals surface area contributed by atoms with E-state index in [1.54, 1.807) is 18.2 Å². The number of nitrogens with zero attached hydrogens (tertiary/aromatic N) is 3. The molecular weight excluding hydrogens is 519 g/mol. The van der Waals surface area contributed by atoms with Gasteiger partial charge in [-0.3, -0.25) is 25.0 Å². The van der Waals surface area contributed by atoms with E-state index in [9.17, 15) is 25.0 Å². The van der Waals surface area contributed by atoms with Crippen molar-refractivity contribution in [1.29, 1.82) is 0 Å². The maximum Gasteiger partial charge on any atom is 0.277 e. The molecule has 0 radical (unpaired) electrons. The first-order valence-electron chi connectivity index (χ1n) is 8.72. The Morgan fingerprint density at radius 2 is 1.68 bits per heavy atom. The number of carbonyl (C=O) groups is 1. The molecule has 0 saturated carbocycles. The number of fused-ring (bicyclic) bond motifs is 1. The number of aromatic nitrogens is 1. The molecule has 0 bridgehead atoms. The fourth-order valence-electron chi connectivity index (χ4n) is 2.89. The highest BCUT2D eigenvalue weighted by Crippen LogP contribution is 2.28. The second-order valence-electron chi connectivity index (χ2n) is 6.42. The Morgan fingerprint density at radius 1 is 0.968 bits per heavy atom. The second kappa shape index (κ2) is 8.10. The Morgan fingerprint density at radius 3 is 2.32 bits per heavy atom. The number of carbonyl (C=O) groups excluding carboxylic acids is 1. The Balaban J connectivity index is 1.63. The zero-order valence-corrected chi connectivity index (χ0v) is 17.6. The number of nitrogens with one attached hydrogen (secondary N) is 1. The van der Waals surface area contributed by atoms with E-state index in [1.165, 1.54) is 0 Å². The number of nitro groups is 2. The summed E-state index contributed by atoms with van der Waals surface area (Å²) in [6.07, 6.45) is 0. The van der Waals surface area contributed by atoms with Crippen LogP contribution in [0.5, 0.6) is 0 Å². The Hall–Kier alpha value is -3.87. The van der Waals surface area contributed by atoms with Crippen LogP contribution >= 0.6 is 22.6 Å². The first kappa shape index (κ1) is 20.4. The fourth-order valence-corrected chi connectivity index (χ4v) is 3.43. The molecule has 3 aromatic carbocycles. The van der Waals surface area contributed by atoms with E-state index in [4.69, 9.17) is 4.42 Å². The lowest BCUT2D eigenvalue weighted by molar-refractivity contribution is -0.394. The molecule has 0 unspecified atom stereocenters. The standard InChI is InChI=1S/C20H11IN4O6/c21-13-3-1-2-11(6-13)20-23-17-9-14(4-5-18(17)31-20)22-19(26)12-7-15(24(27)28)10-16(8-12)25(29)30/h1-10H,(H,22,26). The molecule has 0 aliphatic rings. The number of non-ortho nitro benzene ring substituents is 2. The van der Waals surface area contributed by atoms with E-state index < -0.39 is 27.1 Å². The van der Waals surface area contributed by atoms with Crippen LogP contribution in [0.15, 0.2) is 65.1 Å². The van der Waals surface area contributed by atoms with E-state index in [-0.39, 0.29) is 5.56 Å². The van der Waals surface area contributed by atoms with Crippen LogP contribution in [-0.2, 0) is 0 Å². The lowest BCUT2D eigenvalue weighted by atomic mass is 10.1. The van der Waals surface area contributed by atoms with Crippen molar-refractivity contribution in [1.82, 2.24) is 4.98 Å². The van der Waals surface area contributed by atoms with Gasteiger partial charge in [0.25, 0.3) is 17.3 Å². The van der Waals surface area contributed by atoms with Crippen LogP contribution in [0.4, 0.5) is 17.1 Å². The number of hydrogen-bond acceptors (Lipinski definition) is 7. The lowest BCUT2D eigenvalue weighted by Crippen LogP contribution is -2.12. The van der Waals surface area contributed by atoms with Crippen LogP contribution in [0.3, 0.4) is 0 Å². The van der Waals surface area contributed by atoms with Crippen molar-refractivity contribution in [2.24, 2.45) is 0 Å². The van der Waals surface area contributed by atoms with Crippen LogP contribution in [-0.4, -0.2) is 20.7 Å². The number of amides is 1. The number of halogens is 1. The van der Waals surface area contributed by atoms with Gasteiger partial charge in [0.15, 0.2) is 5.58 Å². The maximum absolute atomic E-state index is 12.6. The van der Waals surface area contributed by atoms with Gasteiger partial charge in [-0.25, -0.2) is 4.98 Å². The van der Waals surface area contributed by atoms with Crippen molar-refractivity contribution in [3.8, 4) is 11.5 Å². The number of benzene rings is 3. The van der Waals surface area contributed by atoms with Crippen molar-refractivity contribution in [2.45, 2.75) is 0 Å². The number of nitro benzene ring substituents is 2. The summed E-state index contributed by atoms with van der Waals surface area (Å²) in [5.74, 6) is -0.307. The van der Waals surface area contributed by atoms with Crippen LogP contribution in [0.1, 0.15) is 10.4 Å². The SMILES string of the molecule is O=C(Nc1ccc2oc(-c3cccc(I)c3)nc2c1)c1cc([N+](=O)[O-])cc([N+](=O)[O-])c1. The van der Waals surface area contributed by atoms with Crippen molar-refractivity contribution in [3.63, 3.8) is 0 Å². The number of anilines is 1. The molecule has 4 rings (SSSR count). The fraction of sp³-hybridized carbons (Fsp3) is 0. The first-order valence-corrected chi connectivity index (χ1v) is 9.80. The highest BCUT2D eigenvalue weighted by molar-refractivity contribution is 14.1. The largest absolute Gasteiger partial charge is 0.436 e. The summed E-state index contributed by atoms with van der Waals surface area (Å²) in [6, 6.07) is 15.2. The summed E-state index contributed by atoms with van der Waals surface area (Å²) in [4.78, 5) is 37.5. The first-order chi connectivity index (χ1) is 14.8. The molecular formula is C20H11IN4O6. The average molecular weight is 530 g/mol. The molecule has 11 heteroatoms. The molecule has 0 spiro atoms. The molecule has 4 aromatic rings. The molecule has 31 heavy (non-hydrogen) atoms. The smallest absolute Gasteiger partial charge is 0.277 e. The van der Waals surface area contributed by atoms with Crippen molar-refractivity contribution >= 4 is 56.7 Å². The molecule has 0 fully saturated rings. The van der Waals surface area contributed by atoms with Gasteiger partial charge in [0.05, 0.1) is 21.5 Å². The number of rotatable bonds is 5. The van der Waals surface area contributed by atoms with Gasteiger partial charge in [-0.05, 0) is 59.0 Å². The van der Waals surface area contributed by atoms with E-state index in [0.29, 0.717) is 22.7 Å². The van der Waals surface area contributed by atoms with Gasteiger partial charge < -0.3 is 9.73 Å². The van der Waals surface area contributed by atoms with Gasteiger partial charge in [-0.2, -0.15) is 0 Å². The lowest BCUT2D eigenvalue weighted by Gasteiger charge is -2.05. The molecule has 1 heterocycles. The third kappa shape index (κ3) is 4.35. The molecule has 1 N–H and O–H groups in total. The summed E-state index contributed by atoms with van der Waals surface area (Å²) in [6.45, 7) is 0. The number of hydrogen-bond donors (Lipinski definition) is 1. The van der Waals surface area contributed by atoms with Gasteiger partial charge >= 0.3 is 0 Å². The maximum atomic E-state index is 12.6. The summed E-state index contributed by atoms with van der Waals surface area (Å²) >= 11 is 2.19. The van der Waals surface area contributed by atoms with Crippen molar-refractivity contribution < 1.29 is 19.1 Å². The third-order valence-corrected chi connectivity index (χ3v) is 4.97. The molecule has 1 amide bonds. The third-order valence-electron chi connectivity index (χ3n) is 4.30. The predicted octanol–water partition coefficient (Wildman–Crippen LogP) is 5.17. The molecule has 10 nitrogen and oxygen atoms in total. The minimum Gasteiger partial charge on any atom is -0.436 e.